The van der Waals surface area contributed by atoms with Crippen molar-refractivity contribution in [3.05, 3.63) is 0 Å². The molecule has 6 heavy (non-hydrogen) atoms. The lowest BCUT2D eigenvalue weighted by Crippen LogP contribution is -2.30. The first-order valence-corrected chi connectivity index (χ1v) is 7.26. The van der Waals surface area contributed by atoms with E-state index >= 15 is 0 Å². The van der Waals surface area contributed by atoms with E-state index < -0.39 is 7.22 Å². The molecule has 36 valence electrons. The molecule has 1 rings (SSSR count). The first-order valence-electron chi connectivity index (χ1n) is 2.35. The van der Waals surface area contributed by atoms with Crippen LogP contribution in [0.15, 0.2) is 0 Å². The molecule has 0 saturated carbocycles. The Morgan fingerprint density at radius 1 is 1.50 bits per heavy atom. The SMILES string of the molecule is C[Si]1(C)CCS1. The third-order valence-electron chi connectivity index (χ3n) is 1.20. The van der Waals surface area contributed by atoms with Gasteiger partial charge in [-0.2, -0.15) is 11.2 Å². The highest BCUT2D eigenvalue weighted by molar-refractivity contribution is 8.31. The summed E-state index contributed by atoms with van der Waals surface area (Å²) in [5, 5.41) is 0. The van der Waals surface area contributed by atoms with E-state index in [-0.39, 0.29) is 0 Å². The van der Waals surface area contributed by atoms with Crippen LogP contribution < -0.4 is 0 Å². The Kier molecular flexibility index (Phi) is 0.998. The van der Waals surface area contributed by atoms with Crippen molar-refractivity contribution in [2.45, 2.75) is 19.1 Å². The molecular weight excluding hydrogens is 108 g/mol. The second-order valence-corrected chi connectivity index (χ2v) is 11.3. The molecule has 0 aliphatic carbocycles. The molecule has 0 atom stereocenters. The van der Waals surface area contributed by atoms with Crippen molar-refractivity contribution in [2.75, 3.05) is 5.75 Å². The van der Waals surface area contributed by atoms with Gasteiger partial charge in [-0.15, -0.1) is 0 Å². The van der Waals surface area contributed by atoms with E-state index in [1.165, 1.54) is 5.75 Å². The fourth-order valence-corrected chi connectivity index (χ4v) is 4.59. The van der Waals surface area contributed by atoms with E-state index in [9.17, 15) is 0 Å². The van der Waals surface area contributed by atoms with Crippen LogP contribution in [0.25, 0.3) is 0 Å². The summed E-state index contributed by atoms with van der Waals surface area (Å²) in [5.41, 5.74) is 0. The van der Waals surface area contributed by atoms with Crippen molar-refractivity contribution in [3.8, 4) is 0 Å². The molecule has 1 heterocycles. The van der Waals surface area contributed by atoms with Gasteiger partial charge in [0.2, 0.25) is 0 Å². The lowest BCUT2D eigenvalue weighted by molar-refractivity contribution is 1.38. The summed E-state index contributed by atoms with van der Waals surface area (Å²) >= 11 is 2.20. The van der Waals surface area contributed by atoms with Gasteiger partial charge in [0.25, 0.3) is 0 Å². The summed E-state index contributed by atoms with van der Waals surface area (Å²) in [7, 11) is -0.534. The van der Waals surface area contributed by atoms with Crippen LogP contribution in [0.3, 0.4) is 0 Å². The summed E-state index contributed by atoms with van der Waals surface area (Å²) in [6.45, 7) is 4.86. The van der Waals surface area contributed by atoms with Gasteiger partial charge in [0.1, 0.15) is 7.22 Å². The molecule has 0 nitrogen and oxygen atoms in total. The van der Waals surface area contributed by atoms with Crippen molar-refractivity contribution < 1.29 is 0 Å². The highest BCUT2D eigenvalue weighted by Crippen LogP contribution is 2.35. The average Bonchev–Trinajstić information content (AvgIpc) is 1.32. The molecular formula is C4H10SSi. The van der Waals surface area contributed by atoms with Gasteiger partial charge in [-0.3, -0.25) is 0 Å². The maximum atomic E-state index is 2.43. The summed E-state index contributed by atoms with van der Waals surface area (Å²) in [4.78, 5) is 0. The van der Waals surface area contributed by atoms with E-state index in [4.69, 9.17) is 0 Å². The molecule has 1 fully saturated rings. The normalized spacial score (nSPS) is 29.0. The van der Waals surface area contributed by atoms with Crippen LogP contribution in [0.2, 0.25) is 19.1 Å². The van der Waals surface area contributed by atoms with Crippen LogP contribution in [0.5, 0.6) is 0 Å². The Morgan fingerprint density at radius 3 is 1.83 bits per heavy atom. The zero-order chi connectivity index (χ0) is 4.62. The van der Waals surface area contributed by atoms with E-state index in [2.05, 4.69) is 24.3 Å². The molecule has 0 aromatic heterocycles. The third kappa shape index (κ3) is 0.792. The molecule has 0 radical (unpaired) electrons. The maximum absolute atomic E-state index is 2.43. The molecule has 2 heteroatoms. The van der Waals surface area contributed by atoms with Gasteiger partial charge in [0.05, 0.1) is 0 Å². The number of rotatable bonds is 0. The Morgan fingerprint density at radius 2 is 1.83 bits per heavy atom. The molecule has 0 spiro atoms. The van der Waals surface area contributed by atoms with Crippen LogP contribution >= 0.6 is 11.2 Å². The third-order valence-corrected chi connectivity index (χ3v) is 7.77. The number of hydrogen-bond acceptors (Lipinski definition) is 1. The minimum atomic E-state index is -0.534. The molecule has 0 bridgehead atoms. The molecule has 1 saturated heterocycles. The standard InChI is InChI=1S/C4H10SSi/c1-6(2)4-3-5-6/h3-4H2,1-2H3. The minimum absolute atomic E-state index is 0.534. The predicted molar refractivity (Wildman–Crippen MR) is 34.7 cm³/mol. The van der Waals surface area contributed by atoms with Gasteiger partial charge in [-0.05, 0) is 11.8 Å². The summed E-state index contributed by atoms with van der Waals surface area (Å²) in [6, 6.07) is 1.55. The molecule has 0 aromatic carbocycles. The zero-order valence-corrected chi connectivity index (χ0v) is 6.14. The largest absolute Gasteiger partial charge is 0.186 e. The molecule has 0 unspecified atom stereocenters. The Hall–Kier alpha value is 0.567. The van der Waals surface area contributed by atoms with Gasteiger partial charge in [0.15, 0.2) is 0 Å². The molecule has 1 aliphatic heterocycles. The van der Waals surface area contributed by atoms with Crippen molar-refractivity contribution in [3.63, 3.8) is 0 Å². The van der Waals surface area contributed by atoms with Crippen molar-refractivity contribution in [2.24, 2.45) is 0 Å². The van der Waals surface area contributed by atoms with Gasteiger partial charge in [-0.1, -0.05) is 13.1 Å². The topological polar surface area (TPSA) is 0 Å². The number of hydrogen-bond donors (Lipinski definition) is 0. The fraction of sp³-hybridized carbons (Fsp3) is 1.00. The van der Waals surface area contributed by atoms with Gasteiger partial charge < -0.3 is 0 Å². The van der Waals surface area contributed by atoms with Crippen LogP contribution in [-0.4, -0.2) is 13.0 Å². The van der Waals surface area contributed by atoms with E-state index in [1.807, 2.05) is 0 Å². The smallest absolute Gasteiger partial charge is 0.112 e. The Labute approximate surface area is 44.0 Å². The first-order chi connectivity index (χ1) is 2.71. The van der Waals surface area contributed by atoms with E-state index in [0.717, 1.165) is 0 Å². The van der Waals surface area contributed by atoms with Crippen molar-refractivity contribution in [1.29, 1.82) is 0 Å². The zero-order valence-electron chi connectivity index (χ0n) is 4.32. The Bertz CT molecular complexity index is 54.6. The van der Waals surface area contributed by atoms with Crippen LogP contribution in [0.4, 0.5) is 0 Å². The Balaban J connectivity index is 2.31. The molecule has 0 amide bonds. The van der Waals surface area contributed by atoms with Crippen LogP contribution in [-0.2, 0) is 0 Å². The minimum Gasteiger partial charge on any atom is -0.186 e. The highest BCUT2D eigenvalue weighted by Gasteiger charge is 2.28. The van der Waals surface area contributed by atoms with E-state index in [0.29, 0.717) is 0 Å². The quantitative estimate of drug-likeness (QED) is 0.438. The second kappa shape index (κ2) is 1.27. The van der Waals surface area contributed by atoms with Gasteiger partial charge in [-0.25, -0.2) is 0 Å². The average molecular weight is 118 g/mol. The molecule has 0 aromatic rings. The lowest BCUT2D eigenvalue weighted by atomic mass is 11.0. The van der Waals surface area contributed by atoms with Crippen LogP contribution in [0.1, 0.15) is 0 Å². The summed E-state index contributed by atoms with van der Waals surface area (Å²) < 4.78 is 0. The lowest BCUT2D eigenvalue weighted by Gasteiger charge is -2.30. The monoisotopic (exact) mass is 118 g/mol. The van der Waals surface area contributed by atoms with Crippen molar-refractivity contribution in [1.82, 2.24) is 0 Å². The van der Waals surface area contributed by atoms with E-state index in [1.54, 1.807) is 6.04 Å². The fourth-order valence-electron chi connectivity index (χ4n) is 0.510. The summed E-state index contributed by atoms with van der Waals surface area (Å²) in [5.74, 6) is 1.44. The molecule has 0 N–H and O–H groups in total. The highest BCUT2D eigenvalue weighted by atomic mass is 32.4. The van der Waals surface area contributed by atoms with Crippen molar-refractivity contribution >= 4 is 18.4 Å². The predicted octanol–water partition coefficient (Wildman–Crippen LogP) is 1.94. The van der Waals surface area contributed by atoms with Gasteiger partial charge in [0, 0.05) is 0 Å². The second-order valence-electron chi connectivity index (χ2n) is 2.36. The summed E-state index contributed by atoms with van der Waals surface area (Å²) in [6.07, 6.45) is 0. The van der Waals surface area contributed by atoms with Gasteiger partial charge >= 0.3 is 0 Å². The molecule has 1 aliphatic rings. The first kappa shape index (κ1) is 4.72. The maximum Gasteiger partial charge on any atom is 0.112 e. The van der Waals surface area contributed by atoms with Crippen LogP contribution in [0, 0.1) is 0 Å².